The molecule has 0 fully saturated rings. The molecule has 0 aromatic carbocycles. The smallest absolute Gasteiger partial charge is 0.177 e. The highest BCUT2D eigenvalue weighted by Gasteiger charge is 2.12. The topological polar surface area (TPSA) is 102 Å². The van der Waals surface area contributed by atoms with Gasteiger partial charge in [-0.1, -0.05) is 6.42 Å². The fourth-order valence-electron chi connectivity index (χ4n) is 1.39. The second-order valence-corrected chi connectivity index (χ2v) is 4.08. The number of thioether (sulfide) groups is 1. The van der Waals surface area contributed by atoms with Gasteiger partial charge >= 0.3 is 0 Å². The Hall–Kier alpha value is -1.50. The van der Waals surface area contributed by atoms with E-state index < -0.39 is 0 Å². The molecular formula is C10H13N5S. The lowest BCUT2D eigenvalue weighted by atomic mass is 10.1. The Labute approximate surface area is 98.6 Å². The number of aryl methyl sites for hydroxylation is 1. The monoisotopic (exact) mass is 235 g/mol. The van der Waals surface area contributed by atoms with Crippen LogP contribution in [0.1, 0.15) is 30.7 Å². The molecule has 1 aromatic heterocycles. The molecule has 0 bridgehead atoms. The van der Waals surface area contributed by atoms with E-state index in [-0.39, 0.29) is 0 Å². The standard InChI is InChI=1S/C10H13N5S/c11-5-3-1-2-4-8-10(16-7-13)9(6-12)15-14-8/h1-5,11H2,(H,14,15). The maximum absolute atomic E-state index is 8.80. The molecular weight excluding hydrogens is 222 g/mol. The molecule has 0 saturated carbocycles. The fraction of sp³-hybridized carbons (Fsp3) is 0.500. The number of rotatable bonds is 6. The molecule has 6 heteroatoms. The van der Waals surface area contributed by atoms with Gasteiger partial charge in [0.2, 0.25) is 0 Å². The van der Waals surface area contributed by atoms with Gasteiger partial charge in [-0.15, -0.1) is 0 Å². The fourth-order valence-corrected chi connectivity index (χ4v) is 1.94. The van der Waals surface area contributed by atoms with E-state index in [1.165, 1.54) is 0 Å². The summed E-state index contributed by atoms with van der Waals surface area (Å²) in [6.07, 6.45) is 3.84. The number of aromatic amines is 1. The number of thiocyanates is 1. The SMILES string of the molecule is N#CSc1c(C#N)n[nH]c1CCCCCN. The number of hydrogen-bond donors (Lipinski definition) is 2. The van der Waals surface area contributed by atoms with Gasteiger partial charge in [0.25, 0.3) is 0 Å². The van der Waals surface area contributed by atoms with Gasteiger partial charge in [0, 0.05) is 0 Å². The summed E-state index contributed by atoms with van der Waals surface area (Å²) in [4.78, 5) is 0.665. The van der Waals surface area contributed by atoms with Crippen molar-refractivity contribution < 1.29 is 0 Å². The summed E-state index contributed by atoms with van der Waals surface area (Å²) in [7, 11) is 0. The molecule has 16 heavy (non-hydrogen) atoms. The predicted octanol–water partition coefficient (Wildman–Crippen LogP) is 1.53. The van der Waals surface area contributed by atoms with E-state index in [1.54, 1.807) is 0 Å². The van der Waals surface area contributed by atoms with Crippen LogP contribution in [0.5, 0.6) is 0 Å². The van der Waals surface area contributed by atoms with Gasteiger partial charge in [-0.3, -0.25) is 5.10 Å². The van der Waals surface area contributed by atoms with Crippen molar-refractivity contribution in [3.05, 3.63) is 11.4 Å². The van der Waals surface area contributed by atoms with Crippen molar-refractivity contribution in [2.24, 2.45) is 5.73 Å². The normalized spacial score (nSPS) is 9.69. The van der Waals surface area contributed by atoms with Crippen molar-refractivity contribution in [1.29, 1.82) is 10.5 Å². The van der Waals surface area contributed by atoms with E-state index >= 15 is 0 Å². The van der Waals surface area contributed by atoms with Gasteiger partial charge in [0.05, 0.1) is 10.6 Å². The Balaban J connectivity index is 2.62. The van der Waals surface area contributed by atoms with Crippen LogP contribution >= 0.6 is 11.8 Å². The number of aromatic nitrogens is 2. The zero-order chi connectivity index (χ0) is 11.8. The highest BCUT2D eigenvalue weighted by molar-refractivity contribution is 8.03. The van der Waals surface area contributed by atoms with Crippen LogP contribution in [-0.2, 0) is 6.42 Å². The predicted molar refractivity (Wildman–Crippen MR) is 61.4 cm³/mol. The minimum absolute atomic E-state index is 0.306. The summed E-state index contributed by atoms with van der Waals surface area (Å²) in [6, 6.07) is 1.97. The molecule has 84 valence electrons. The van der Waals surface area contributed by atoms with E-state index in [4.69, 9.17) is 16.3 Å². The second-order valence-electron chi connectivity index (χ2n) is 3.28. The van der Waals surface area contributed by atoms with E-state index in [0.29, 0.717) is 17.1 Å². The quantitative estimate of drug-likeness (QED) is 0.442. The highest BCUT2D eigenvalue weighted by Crippen LogP contribution is 2.25. The molecule has 0 unspecified atom stereocenters. The van der Waals surface area contributed by atoms with Gasteiger partial charge in [0.1, 0.15) is 11.5 Å². The van der Waals surface area contributed by atoms with Gasteiger partial charge in [-0.25, -0.2) is 0 Å². The first-order valence-corrected chi connectivity index (χ1v) is 5.88. The molecule has 3 N–H and O–H groups in total. The van der Waals surface area contributed by atoms with Crippen LogP contribution in [0.2, 0.25) is 0 Å². The molecule has 0 radical (unpaired) electrons. The van der Waals surface area contributed by atoms with Crippen LogP contribution < -0.4 is 5.73 Å². The zero-order valence-corrected chi connectivity index (χ0v) is 9.68. The van der Waals surface area contributed by atoms with Crippen molar-refractivity contribution in [3.63, 3.8) is 0 Å². The number of nitrogens with zero attached hydrogens (tertiary/aromatic N) is 3. The lowest BCUT2D eigenvalue weighted by Gasteiger charge is -1.99. The third-order valence-electron chi connectivity index (χ3n) is 2.18. The summed E-state index contributed by atoms with van der Waals surface area (Å²) in [5.41, 5.74) is 6.58. The number of hydrogen-bond acceptors (Lipinski definition) is 5. The summed E-state index contributed by atoms with van der Waals surface area (Å²) in [5, 5.41) is 26.1. The molecule has 1 heterocycles. The Morgan fingerprint density at radius 1 is 1.31 bits per heavy atom. The Kier molecular flexibility index (Phi) is 5.41. The van der Waals surface area contributed by atoms with Crippen LogP contribution in [-0.4, -0.2) is 16.7 Å². The molecule has 0 aliphatic carbocycles. The summed E-state index contributed by atoms with van der Waals surface area (Å²) >= 11 is 0.988. The second kappa shape index (κ2) is 6.89. The first-order valence-electron chi connectivity index (χ1n) is 5.06. The van der Waals surface area contributed by atoms with Crippen molar-refractivity contribution in [1.82, 2.24) is 10.2 Å². The number of nitrogens with two attached hydrogens (primary N) is 1. The Bertz CT molecular complexity index is 412. The largest absolute Gasteiger partial charge is 0.330 e. The molecule has 0 atom stereocenters. The van der Waals surface area contributed by atoms with Crippen LogP contribution in [0.3, 0.4) is 0 Å². The molecule has 0 spiro atoms. The minimum Gasteiger partial charge on any atom is -0.330 e. The maximum Gasteiger partial charge on any atom is 0.177 e. The van der Waals surface area contributed by atoms with Crippen molar-refractivity contribution in [2.45, 2.75) is 30.6 Å². The Morgan fingerprint density at radius 3 is 2.75 bits per heavy atom. The van der Waals surface area contributed by atoms with Crippen LogP contribution in [0, 0.1) is 22.0 Å². The van der Waals surface area contributed by atoms with E-state index in [2.05, 4.69) is 10.2 Å². The molecule has 5 nitrogen and oxygen atoms in total. The summed E-state index contributed by atoms with van der Waals surface area (Å²) < 4.78 is 0. The molecule has 1 rings (SSSR count). The molecule has 0 amide bonds. The average molecular weight is 235 g/mol. The van der Waals surface area contributed by atoms with Crippen LogP contribution in [0.4, 0.5) is 0 Å². The third kappa shape index (κ3) is 3.27. The number of unbranched alkanes of at least 4 members (excludes halogenated alkanes) is 2. The molecule has 0 saturated heterocycles. The highest BCUT2D eigenvalue weighted by atomic mass is 32.2. The van der Waals surface area contributed by atoms with Crippen molar-refractivity contribution in [2.75, 3.05) is 6.54 Å². The van der Waals surface area contributed by atoms with E-state index in [0.717, 1.165) is 43.1 Å². The van der Waals surface area contributed by atoms with Crippen LogP contribution in [0.15, 0.2) is 4.90 Å². The molecule has 0 aliphatic heterocycles. The van der Waals surface area contributed by atoms with E-state index in [1.807, 2.05) is 11.5 Å². The van der Waals surface area contributed by atoms with Crippen molar-refractivity contribution in [3.8, 4) is 11.5 Å². The lowest BCUT2D eigenvalue weighted by molar-refractivity contribution is 0.674. The summed E-state index contributed by atoms with van der Waals surface area (Å²) in [6.45, 7) is 0.701. The van der Waals surface area contributed by atoms with E-state index in [9.17, 15) is 0 Å². The van der Waals surface area contributed by atoms with Gasteiger partial charge in [0.15, 0.2) is 5.69 Å². The third-order valence-corrected chi connectivity index (χ3v) is 2.91. The number of nitriles is 2. The maximum atomic E-state index is 8.80. The van der Waals surface area contributed by atoms with Gasteiger partial charge < -0.3 is 5.73 Å². The minimum atomic E-state index is 0.306. The molecule has 1 aromatic rings. The lowest BCUT2D eigenvalue weighted by Crippen LogP contribution is -1.98. The van der Waals surface area contributed by atoms with Crippen molar-refractivity contribution >= 4 is 11.8 Å². The Morgan fingerprint density at radius 2 is 2.12 bits per heavy atom. The van der Waals surface area contributed by atoms with Crippen LogP contribution in [0.25, 0.3) is 0 Å². The number of nitrogens with one attached hydrogen (secondary N) is 1. The van der Waals surface area contributed by atoms with Gasteiger partial charge in [-0.2, -0.15) is 15.6 Å². The zero-order valence-electron chi connectivity index (χ0n) is 8.86. The summed E-state index contributed by atoms with van der Waals surface area (Å²) in [5.74, 6) is 0. The number of H-pyrrole nitrogens is 1. The molecule has 0 aliphatic rings. The van der Waals surface area contributed by atoms with Gasteiger partial charge in [-0.05, 0) is 37.6 Å². The first kappa shape index (κ1) is 12.6. The first-order chi connectivity index (χ1) is 7.83. The average Bonchev–Trinajstić information content (AvgIpc) is 2.68.